The van der Waals surface area contributed by atoms with E-state index in [0.29, 0.717) is 44.4 Å². The van der Waals surface area contributed by atoms with Crippen LogP contribution in [0.5, 0.6) is 0 Å². The van der Waals surface area contributed by atoms with Gasteiger partial charge in [0.15, 0.2) is 0 Å². The van der Waals surface area contributed by atoms with Gasteiger partial charge in [0.05, 0.1) is 18.8 Å². The molecule has 0 saturated carbocycles. The molecule has 3 aliphatic rings. The highest BCUT2D eigenvalue weighted by molar-refractivity contribution is 6.30. The summed E-state index contributed by atoms with van der Waals surface area (Å²) < 4.78 is 11.3. The summed E-state index contributed by atoms with van der Waals surface area (Å²) in [5.41, 5.74) is 2.79. The van der Waals surface area contributed by atoms with E-state index in [2.05, 4.69) is 0 Å². The molecule has 0 aliphatic carbocycles. The molecule has 0 N–H and O–H groups in total. The average Bonchev–Trinajstić information content (AvgIpc) is 3.21. The SMILES string of the molecule is CC1CN(C(=O)N2CCc3cc(Cl)cc(C4CCCN4C(=O)OC(C)(C)C)c3C2)CCO1. The van der Waals surface area contributed by atoms with Crippen LogP contribution in [0.3, 0.4) is 0 Å². The van der Waals surface area contributed by atoms with E-state index in [4.69, 9.17) is 21.1 Å². The van der Waals surface area contributed by atoms with E-state index in [0.717, 1.165) is 30.4 Å². The number of hydrogen-bond acceptors (Lipinski definition) is 4. The van der Waals surface area contributed by atoms with Gasteiger partial charge in [-0.25, -0.2) is 9.59 Å². The predicted octanol–water partition coefficient (Wildman–Crippen LogP) is 4.61. The number of nitrogens with zero attached hydrogens (tertiary/aromatic N) is 3. The number of rotatable bonds is 1. The summed E-state index contributed by atoms with van der Waals surface area (Å²) in [5.74, 6) is 0. The third-order valence-corrected chi connectivity index (χ3v) is 6.58. The van der Waals surface area contributed by atoms with Crippen LogP contribution in [-0.2, 0) is 22.4 Å². The number of urea groups is 1. The van der Waals surface area contributed by atoms with Gasteiger partial charge in [-0.15, -0.1) is 0 Å². The van der Waals surface area contributed by atoms with Crippen LogP contribution in [0.4, 0.5) is 9.59 Å². The molecular formula is C24H34ClN3O4. The standard InChI is InChI=1S/C24H34ClN3O4/c1-16-14-27(10-11-31-16)22(29)26-9-7-17-12-18(25)13-19(20(17)15-26)21-6-5-8-28(21)23(30)32-24(2,3)4/h12-13,16,21H,5-11,14-15H2,1-4H3. The molecule has 0 bridgehead atoms. The van der Waals surface area contributed by atoms with E-state index in [1.165, 1.54) is 5.56 Å². The highest BCUT2D eigenvalue weighted by Gasteiger charge is 2.37. The molecule has 32 heavy (non-hydrogen) atoms. The smallest absolute Gasteiger partial charge is 0.410 e. The molecule has 3 heterocycles. The highest BCUT2D eigenvalue weighted by atomic mass is 35.5. The fraction of sp³-hybridized carbons (Fsp3) is 0.667. The number of carbonyl (C=O) groups is 2. The van der Waals surface area contributed by atoms with Crippen molar-refractivity contribution >= 4 is 23.7 Å². The second-order valence-corrected chi connectivity index (χ2v) is 10.5. The minimum absolute atomic E-state index is 0.0556. The van der Waals surface area contributed by atoms with Gasteiger partial charge in [0.2, 0.25) is 0 Å². The van der Waals surface area contributed by atoms with Crippen LogP contribution in [0, 0.1) is 0 Å². The van der Waals surface area contributed by atoms with Crippen molar-refractivity contribution in [3.8, 4) is 0 Å². The van der Waals surface area contributed by atoms with Gasteiger partial charge in [-0.3, -0.25) is 0 Å². The third kappa shape index (κ3) is 4.99. The van der Waals surface area contributed by atoms with Crippen molar-refractivity contribution in [1.82, 2.24) is 14.7 Å². The second kappa shape index (κ2) is 9.10. The monoisotopic (exact) mass is 463 g/mol. The summed E-state index contributed by atoms with van der Waals surface area (Å²) in [6.45, 7) is 11.3. The Kier molecular flexibility index (Phi) is 6.59. The zero-order valence-corrected chi connectivity index (χ0v) is 20.3. The topological polar surface area (TPSA) is 62.3 Å². The summed E-state index contributed by atoms with van der Waals surface area (Å²) in [4.78, 5) is 31.7. The molecule has 3 aliphatic heterocycles. The van der Waals surface area contributed by atoms with Crippen molar-refractivity contribution in [2.45, 2.75) is 71.2 Å². The predicted molar refractivity (Wildman–Crippen MR) is 123 cm³/mol. The Hall–Kier alpha value is -1.99. The molecule has 2 atom stereocenters. The number of morpholine rings is 1. The van der Waals surface area contributed by atoms with E-state index >= 15 is 0 Å². The lowest BCUT2D eigenvalue weighted by Gasteiger charge is -2.38. The first-order chi connectivity index (χ1) is 15.1. The Bertz CT molecular complexity index is 885. The number of hydrogen-bond donors (Lipinski definition) is 0. The quantitative estimate of drug-likeness (QED) is 0.610. The van der Waals surface area contributed by atoms with E-state index < -0.39 is 5.60 Å². The van der Waals surface area contributed by atoms with Crippen LogP contribution in [0.25, 0.3) is 0 Å². The zero-order valence-electron chi connectivity index (χ0n) is 19.5. The van der Waals surface area contributed by atoms with Gasteiger partial charge in [-0.1, -0.05) is 11.6 Å². The van der Waals surface area contributed by atoms with Crippen molar-refractivity contribution in [1.29, 1.82) is 0 Å². The molecule has 0 radical (unpaired) electrons. The van der Waals surface area contributed by atoms with Gasteiger partial charge in [-0.05, 0) is 75.8 Å². The molecule has 7 nitrogen and oxygen atoms in total. The number of benzene rings is 1. The fourth-order valence-corrected chi connectivity index (χ4v) is 5.19. The van der Waals surface area contributed by atoms with Gasteiger partial charge in [0, 0.05) is 37.7 Å². The fourth-order valence-electron chi connectivity index (χ4n) is 4.94. The third-order valence-electron chi connectivity index (χ3n) is 6.36. The Labute approximate surface area is 195 Å². The van der Waals surface area contributed by atoms with Crippen LogP contribution in [0.1, 0.15) is 63.3 Å². The molecule has 0 aromatic heterocycles. The van der Waals surface area contributed by atoms with Crippen LogP contribution >= 0.6 is 11.6 Å². The first-order valence-corrected chi connectivity index (χ1v) is 12.0. The van der Waals surface area contributed by atoms with Crippen LogP contribution in [0.15, 0.2) is 12.1 Å². The minimum Gasteiger partial charge on any atom is -0.444 e. The molecule has 4 rings (SSSR count). The molecule has 1 aromatic carbocycles. The number of amides is 3. The van der Waals surface area contributed by atoms with Gasteiger partial charge < -0.3 is 24.2 Å². The maximum Gasteiger partial charge on any atom is 0.410 e. The molecule has 8 heteroatoms. The van der Waals surface area contributed by atoms with Crippen LogP contribution in [0.2, 0.25) is 5.02 Å². The van der Waals surface area contributed by atoms with Gasteiger partial charge in [-0.2, -0.15) is 0 Å². The average molecular weight is 464 g/mol. The number of halogens is 1. The Balaban J connectivity index is 1.58. The molecule has 2 fully saturated rings. The number of fused-ring (bicyclic) bond motifs is 1. The van der Waals surface area contributed by atoms with Gasteiger partial charge >= 0.3 is 12.1 Å². The maximum absolute atomic E-state index is 13.2. The molecule has 0 spiro atoms. The summed E-state index contributed by atoms with van der Waals surface area (Å²) in [7, 11) is 0. The first kappa shape index (κ1) is 23.2. The molecule has 3 amide bonds. The largest absolute Gasteiger partial charge is 0.444 e. The second-order valence-electron chi connectivity index (χ2n) is 10.0. The Morgan fingerprint density at radius 1 is 1.16 bits per heavy atom. The molecule has 1 aromatic rings. The van der Waals surface area contributed by atoms with E-state index in [1.807, 2.05) is 54.5 Å². The lowest BCUT2D eigenvalue weighted by atomic mass is 9.90. The van der Waals surface area contributed by atoms with Gasteiger partial charge in [0.25, 0.3) is 0 Å². The molecule has 2 unspecified atom stereocenters. The highest BCUT2D eigenvalue weighted by Crippen LogP contribution is 2.39. The normalized spacial score (nSPS) is 23.8. The van der Waals surface area contributed by atoms with E-state index in [9.17, 15) is 9.59 Å². The first-order valence-electron chi connectivity index (χ1n) is 11.6. The van der Waals surface area contributed by atoms with E-state index in [-0.39, 0.29) is 24.3 Å². The lowest BCUT2D eigenvalue weighted by molar-refractivity contribution is -0.00976. The minimum atomic E-state index is -0.545. The summed E-state index contributed by atoms with van der Waals surface area (Å²) in [6.07, 6.45) is 2.30. The molecular weight excluding hydrogens is 430 g/mol. The van der Waals surface area contributed by atoms with Crippen molar-refractivity contribution in [2.24, 2.45) is 0 Å². The van der Waals surface area contributed by atoms with Crippen molar-refractivity contribution in [2.75, 3.05) is 32.8 Å². The summed E-state index contributed by atoms with van der Waals surface area (Å²) in [6, 6.07) is 3.95. The molecule has 2 saturated heterocycles. The molecule has 176 valence electrons. The van der Waals surface area contributed by atoms with Gasteiger partial charge in [0.1, 0.15) is 5.60 Å². The summed E-state index contributed by atoms with van der Waals surface area (Å²) in [5, 5.41) is 0.677. The Morgan fingerprint density at radius 3 is 2.66 bits per heavy atom. The Morgan fingerprint density at radius 2 is 1.94 bits per heavy atom. The van der Waals surface area contributed by atoms with Crippen molar-refractivity contribution < 1.29 is 19.1 Å². The number of carbonyl (C=O) groups excluding carboxylic acids is 2. The van der Waals surface area contributed by atoms with Crippen molar-refractivity contribution in [3.63, 3.8) is 0 Å². The van der Waals surface area contributed by atoms with E-state index in [1.54, 1.807) is 0 Å². The van der Waals surface area contributed by atoms with Crippen molar-refractivity contribution in [3.05, 3.63) is 33.8 Å². The lowest BCUT2D eigenvalue weighted by Crippen LogP contribution is -2.51. The zero-order chi connectivity index (χ0) is 23.0. The summed E-state index contributed by atoms with van der Waals surface area (Å²) >= 11 is 6.49. The maximum atomic E-state index is 13.2. The van der Waals surface area contributed by atoms with Crippen LogP contribution < -0.4 is 0 Å². The van der Waals surface area contributed by atoms with Crippen LogP contribution in [-0.4, -0.2) is 71.3 Å². The number of likely N-dealkylation sites (tertiary alicyclic amines) is 1. The number of ether oxygens (including phenoxy) is 2.